The highest BCUT2D eigenvalue weighted by Crippen LogP contribution is 2.23. The normalized spacial score (nSPS) is 11.9. The Balaban J connectivity index is 0.000000461. The van der Waals surface area contributed by atoms with Gasteiger partial charge < -0.3 is 21.7 Å². The Hall–Kier alpha value is -3.13. The van der Waals surface area contributed by atoms with Gasteiger partial charge in [-0.1, -0.05) is 41.9 Å². The van der Waals surface area contributed by atoms with Crippen molar-refractivity contribution in [2.45, 2.75) is 0 Å². The zero-order valence-corrected chi connectivity index (χ0v) is 16.0. The number of rotatable bonds is 2. The van der Waals surface area contributed by atoms with Crippen molar-refractivity contribution >= 4 is 35.5 Å². The summed E-state index contributed by atoms with van der Waals surface area (Å²) in [5.74, 6) is 0.464. The Morgan fingerprint density at radius 2 is 1.43 bits per heavy atom. The largest absolute Gasteiger partial charge is 0.673 e. The van der Waals surface area contributed by atoms with Crippen LogP contribution in [0.3, 0.4) is 0 Å². The second kappa shape index (κ2) is 9.13. The summed E-state index contributed by atoms with van der Waals surface area (Å²) < 4.78 is 58.2. The predicted molar refractivity (Wildman–Crippen MR) is 107 cm³/mol. The fourth-order valence-corrected chi connectivity index (χ4v) is 2.87. The van der Waals surface area contributed by atoms with Crippen molar-refractivity contribution < 1.29 is 31.1 Å². The van der Waals surface area contributed by atoms with Crippen LogP contribution in [0.15, 0.2) is 83.3 Å². The van der Waals surface area contributed by atoms with E-state index in [0.717, 1.165) is 33.3 Å². The molecule has 154 valence electrons. The van der Waals surface area contributed by atoms with Gasteiger partial charge in [0.05, 0.1) is 11.5 Å². The zero-order valence-electron chi connectivity index (χ0n) is 15.3. The smallest absolute Gasteiger partial charge is 0.456 e. The summed E-state index contributed by atoms with van der Waals surface area (Å²) in [5.41, 5.74) is 2.48. The molecule has 0 unspecified atom stereocenters. The van der Waals surface area contributed by atoms with Crippen molar-refractivity contribution in [3.05, 3.63) is 95.1 Å². The highest BCUT2D eigenvalue weighted by Gasteiger charge is 2.20. The van der Waals surface area contributed by atoms with E-state index in [9.17, 15) is 21.7 Å². The van der Waals surface area contributed by atoms with E-state index >= 15 is 0 Å². The molecule has 9 heteroatoms. The van der Waals surface area contributed by atoms with Crippen LogP contribution < -0.4 is 10.3 Å². The molecule has 1 N–H and O–H groups in total. The van der Waals surface area contributed by atoms with Crippen LogP contribution in [-0.2, 0) is 0 Å². The Morgan fingerprint density at radius 3 is 2.07 bits per heavy atom. The molecule has 1 aromatic heterocycles. The molecule has 0 radical (unpaired) electrons. The molecule has 0 saturated heterocycles. The Bertz CT molecular complexity index is 1200. The van der Waals surface area contributed by atoms with E-state index in [4.69, 9.17) is 16.0 Å². The molecule has 30 heavy (non-hydrogen) atoms. The maximum Gasteiger partial charge on any atom is 0.673 e. The lowest BCUT2D eigenvalue weighted by molar-refractivity contribution is -0.400. The van der Waals surface area contributed by atoms with Crippen molar-refractivity contribution in [1.82, 2.24) is 0 Å². The molecule has 0 amide bonds. The summed E-state index contributed by atoms with van der Waals surface area (Å²) >= 11 is 6.15. The molecule has 3 aromatic carbocycles. The molecule has 2 nitrogen and oxygen atoms in total. The number of halogens is 6. The summed E-state index contributed by atoms with van der Waals surface area (Å²) in [6, 6.07) is 23.5. The lowest BCUT2D eigenvalue weighted by atomic mass is 10.1. The van der Waals surface area contributed by atoms with Gasteiger partial charge in [-0.3, -0.25) is 0 Å². The third-order valence-corrected chi connectivity index (χ3v) is 4.14. The van der Waals surface area contributed by atoms with E-state index < -0.39 is 7.25 Å². The molecule has 1 heterocycles. The van der Waals surface area contributed by atoms with Gasteiger partial charge in [0.2, 0.25) is 11.0 Å². The summed E-state index contributed by atoms with van der Waals surface area (Å²) in [6.45, 7) is 0. The average molecular weight is 438 g/mol. The van der Waals surface area contributed by atoms with E-state index in [1.807, 2.05) is 48.5 Å². The molecule has 0 aliphatic heterocycles. The van der Waals surface area contributed by atoms with Gasteiger partial charge in [0.1, 0.15) is 17.2 Å². The summed E-state index contributed by atoms with van der Waals surface area (Å²) in [6.07, 6.45) is 0. The van der Waals surface area contributed by atoms with Crippen LogP contribution in [0.4, 0.5) is 27.3 Å². The minimum Gasteiger partial charge on any atom is -0.456 e. The molecule has 0 aliphatic carbocycles. The second-order valence-electron chi connectivity index (χ2n) is 6.16. The van der Waals surface area contributed by atoms with Gasteiger partial charge >= 0.3 is 7.25 Å². The van der Waals surface area contributed by atoms with Gasteiger partial charge in [0.15, 0.2) is 0 Å². The second-order valence-corrected chi connectivity index (χ2v) is 6.59. The monoisotopic (exact) mass is 437 g/mol. The van der Waals surface area contributed by atoms with Gasteiger partial charge in [-0.15, -0.1) is 0 Å². The fraction of sp³-hybridized carbons (Fsp3) is 0. The Labute approximate surface area is 173 Å². The Morgan fingerprint density at radius 1 is 0.800 bits per heavy atom. The van der Waals surface area contributed by atoms with Crippen molar-refractivity contribution in [1.29, 1.82) is 0 Å². The van der Waals surface area contributed by atoms with Crippen LogP contribution in [0.1, 0.15) is 0 Å². The Kier molecular flexibility index (Phi) is 6.57. The first kappa shape index (κ1) is 21.6. The third-order valence-electron chi connectivity index (χ3n) is 3.91. The number of fused-ring (bicyclic) bond motifs is 1. The third kappa shape index (κ3) is 6.19. The highest BCUT2D eigenvalue weighted by atomic mass is 35.5. The lowest BCUT2D eigenvalue weighted by Gasteiger charge is -2.03. The van der Waals surface area contributed by atoms with Crippen molar-refractivity contribution in [2.24, 2.45) is 0 Å². The molecule has 0 atom stereocenters. The van der Waals surface area contributed by atoms with Crippen LogP contribution in [0, 0.1) is 5.82 Å². The molecule has 0 saturated carbocycles. The van der Waals surface area contributed by atoms with E-state index in [2.05, 4.69) is 4.99 Å². The molecule has 0 aliphatic rings. The maximum atomic E-state index is 13.2. The zero-order chi connectivity index (χ0) is 21.7. The first-order valence-electron chi connectivity index (χ1n) is 8.71. The summed E-state index contributed by atoms with van der Waals surface area (Å²) in [4.78, 5) is 3.33. The van der Waals surface area contributed by atoms with Crippen LogP contribution in [0.2, 0.25) is 5.02 Å². The standard InChI is InChI=1S/C21H13ClFNO.BF4/c22-15-6-11-20-18(12-15)19(24-17-9-7-16(23)8-10-17)13-21(25-20)14-4-2-1-3-5-14;2-1(3,4)5/h1-13H;/q;-1/p+1. The van der Waals surface area contributed by atoms with E-state index in [1.54, 1.807) is 18.2 Å². The van der Waals surface area contributed by atoms with Crippen LogP contribution in [0.25, 0.3) is 22.3 Å². The molecule has 0 fully saturated rings. The first-order chi connectivity index (χ1) is 14.2. The number of benzene rings is 3. The van der Waals surface area contributed by atoms with Gasteiger partial charge in [-0.2, -0.15) is 0 Å². The molecule has 4 rings (SSSR count). The topological polar surface area (TPSA) is 27.1 Å². The number of hydrogen-bond donors (Lipinski definition) is 1. The molecular weight excluding hydrogens is 423 g/mol. The predicted octanol–water partition coefficient (Wildman–Crippen LogP) is 5.51. The first-order valence-corrected chi connectivity index (χ1v) is 9.08. The van der Waals surface area contributed by atoms with Crippen LogP contribution in [-0.4, -0.2) is 7.25 Å². The van der Waals surface area contributed by atoms with Gasteiger partial charge in [-0.05, 0) is 30.3 Å². The van der Waals surface area contributed by atoms with Crippen LogP contribution >= 0.6 is 11.6 Å². The fourth-order valence-electron chi connectivity index (χ4n) is 2.70. The SMILES string of the molecule is F[B-](F)(F)F.Fc1ccc([NH+]=c2cc(-c3ccccc3)oc3ccc(Cl)cc23)cc1. The number of nitrogens with one attached hydrogen (secondary N) is 1. The van der Waals surface area contributed by atoms with Gasteiger partial charge in [0, 0.05) is 22.7 Å². The summed E-state index contributed by atoms with van der Waals surface area (Å²) in [5, 5.41) is 2.32. The molecule has 4 aromatic rings. The van der Waals surface area contributed by atoms with E-state index in [1.165, 1.54) is 12.1 Å². The summed E-state index contributed by atoms with van der Waals surface area (Å²) in [7, 11) is -6.00. The number of hydrogen-bond acceptors (Lipinski definition) is 1. The quantitative estimate of drug-likeness (QED) is 0.325. The lowest BCUT2D eigenvalue weighted by Crippen LogP contribution is -2.70. The molecular formula is C21H14BClF5NO. The minimum absolute atomic E-state index is 0.272. The minimum atomic E-state index is -6.00. The van der Waals surface area contributed by atoms with Gasteiger partial charge in [-0.25, -0.2) is 9.38 Å². The van der Waals surface area contributed by atoms with Crippen LogP contribution in [0.5, 0.6) is 0 Å². The molecule has 0 spiro atoms. The van der Waals surface area contributed by atoms with Crippen molar-refractivity contribution in [3.63, 3.8) is 0 Å². The highest BCUT2D eigenvalue weighted by molar-refractivity contribution is 6.50. The average Bonchev–Trinajstić information content (AvgIpc) is 2.69. The van der Waals surface area contributed by atoms with E-state index in [0.29, 0.717) is 5.02 Å². The van der Waals surface area contributed by atoms with Crippen molar-refractivity contribution in [3.8, 4) is 11.3 Å². The van der Waals surface area contributed by atoms with E-state index in [-0.39, 0.29) is 5.82 Å². The van der Waals surface area contributed by atoms with Gasteiger partial charge in [0.25, 0.3) is 0 Å². The molecule has 0 bridgehead atoms. The van der Waals surface area contributed by atoms with Crippen molar-refractivity contribution in [2.75, 3.05) is 0 Å². The maximum absolute atomic E-state index is 13.2.